The minimum absolute atomic E-state index is 0.00359. The van der Waals surface area contributed by atoms with E-state index in [1.807, 2.05) is 13.8 Å². The van der Waals surface area contributed by atoms with Crippen LogP contribution < -0.4 is 19.5 Å². The lowest BCUT2D eigenvalue weighted by atomic mass is 10.2. The summed E-state index contributed by atoms with van der Waals surface area (Å²) in [4.78, 5) is 24.0. The van der Waals surface area contributed by atoms with E-state index in [2.05, 4.69) is 5.32 Å². The number of rotatable bonds is 11. The minimum atomic E-state index is -0.600. The van der Waals surface area contributed by atoms with Crippen molar-refractivity contribution < 1.29 is 32.9 Å². The minimum Gasteiger partial charge on any atom is -0.490 e. The van der Waals surface area contributed by atoms with E-state index in [0.717, 1.165) is 0 Å². The van der Waals surface area contributed by atoms with Crippen LogP contribution in [0, 0.1) is 5.82 Å². The van der Waals surface area contributed by atoms with Gasteiger partial charge in [0.1, 0.15) is 31.3 Å². The Kier molecular flexibility index (Phi) is 8.75. The summed E-state index contributed by atoms with van der Waals surface area (Å²) < 4.78 is 34.0. The number of esters is 1. The van der Waals surface area contributed by atoms with Gasteiger partial charge in [-0.3, -0.25) is 9.59 Å². The molecule has 156 valence electrons. The van der Waals surface area contributed by atoms with E-state index in [4.69, 9.17) is 18.9 Å². The summed E-state index contributed by atoms with van der Waals surface area (Å²) in [5.41, 5.74) is 0.337. The van der Waals surface area contributed by atoms with Gasteiger partial charge in [-0.15, -0.1) is 0 Å². The molecule has 0 bridgehead atoms. The summed E-state index contributed by atoms with van der Waals surface area (Å²) in [7, 11) is 0. The molecule has 0 aliphatic carbocycles. The Balaban J connectivity index is 1.75. The van der Waals surface area contributed by atoms with Crippen molar-refractivity contribution in [2.24, 2.45) is 0 Å². The van der Waals surface area contributed by atoms with Gasteiger partial charge >= 0.3 is 5.97 Å². The van der Waals surface area contributed by atoms with Crippen LogP contribution in [-0.2, 0) is 9.53 Å². The standard InChI is InChI=1S/C21H24FNO6/c1-3-26-18-10-5-15(13-19(18)27-4-2)21(25)23-14-20(24)29-12-11-28-17-8-6-16(22)7-9-17/h5-10,13H,3-4,11-12,14H2,1-2H3,(H,23,25). The number of carbonyl (C=O) groups is 2. The van der Waals surface area contributed by atoms with Crippen LogP contribution in [0.5, 0.6) is 17.2 Å². The average molecular weight is 405 g/mol. The largest absolute Gasteiger partial charge is 0.490 e. The highest BCUT2D eigenvalue weighted by Gasteiger charge is 2.13. The number of benzene rings is 2. The number of carbonyl (C=O) groups excluding carboxylic acids is 2. The third-order valence-electron chi connectivity index (χ3n) is 3.63. The van der Waals surface area contributed by atoms with E-state index < -0.39 is 11.9 Å². The molecule has 2 aromatic carbocycles. The Labute approximate surface area is 168 Å². The van der Waals surface area contributed by atoms with Crippen LogP contribution in [0.1, 0.15) is 24.2 Å². The number of ether oxygens (including phenoxy) is 4. The first-order valence-corrected chi connectivity index (χ1v) is 9.25. The van der Waals surface area contributed by atoms with Crippen molar-refractivity contribution >= 4 is 11.9 Å². The first-order valence-electron chi connectivity index (χ1n) is 9.25. The monoisotopic (exact) mass is 405 g/mol. The van der Waals surface area contributed by atoms with Crippen LogP contribution in [0.15, 0.2) is 42.5 Å². The third-order valence-corrected chi connectivity index (χ3v) is 3.63. The average Bonchev–Trinajstić information content (AvgIpc) is 2.72. The van der Waals surface area contributed by atoms with Crippen molar-refractivity contribution in [2.45, 2.75) is 13.8 Å². The van der Waals surface area contributed by atoms with Gasteiger partial charge in [0.2, 0.25) is 0 Å². The summed E-state index contributed by atoms with van der Waals surface area (Å²) >= 11 is 0. The summed E-state index contributed by atoms with van der Waals surface area (Å²) in [6.45, 7) is 4.42. The SMILES string of the molecule is CCOc1ccc(C(=O)NCC(=O)OCCOc2ccc(F)cc2)cc1OCC. The molecule has 0 saturated heterocycles. The van der Waals surface area contributed by atoms with E-state index in [9.17, 15) is 14.0 Å². The zero-order valence-corrected chi connectivity index (χ0v) is 16.4. The van der Waals surface area contributed by atoms with Crippen LogP contribution in [0.25, 0.3) is 0 Å². The molecule has 0 heterocycles. The van der Waals surface area contributed by atoms with E-state index in [-0.39, 0.29) is 25.6 Å². The quantitative estimate of drug-likeness (QED) is 0.457. The fourth-order valence-electron chi connectivity index (χ4n) is 2.34. The maximum atomic E-state index is 12.8. The fraction of sp³-hybridized carbons (Fsp3) is 0.333. The third kappa shape index (κ3) is 7.33. The molecule has 0 saturated carbocycles. The van der Waals surface area contributed by atoms with Crippen LogP contribution in [0.4, 0.5) is 4.39 Å². The van der Waals surface area contributed by atoms with Gasteiger partial charge < -0.3 is 24.3 Å². The van der Waals surface area contributed by atoms with Crippen molar-refractivity contribution in [1.29, 1.82) is 0 Å². The van der Waals surface area contributed by atoms with Crippen molar-refractivity contribution in [3.8, 4) is 17.2 Å². The van der Waals surface area contributed by atoms with Crippen molar-refractivity contribution in [1.82, 2.24) is 5.32 Å². The summed E-state index contributed by atoms with van der Waals surface area (Å²) in [5.74, 6) is 0.0799. The molecular formula is C21H24FNO6. The second-order valence-electron chi connectivity index (χ2n) is 5.73. The number of hydrogen-bond acceptors (Lipinski definition) is 6. The topological polar surface area (TPSA) is 83.1 Å². The molecule has 2 rings (SSSR count). The van der Waals surface area contributed by atoms with Gasteiger partial charge in [0.05, 0.1) is 13.2 Å². The Morgan fingerprint density at radius 1 is 0.897 bits per heavy atom. The van der Waals surface area contributed by atoms with Gasteiger partial charge in [0, 0.05) is 5.56 Å². The van der Waals surface area contributed by atoms with Gasteiger partial charge in [-0.2, -0.15) is 0 Å². The Morgan fingerprint density at radius 3 is 2.28 bits per heavy atom. The Morgan fingerprint density at radius 2 is 1.59 bits per heavy atom. The highest BCUT2D eigenvalue weighted by atomic mass is 19.1. The van der Waals surface area contributed by atoms with Gasteiger partial charge in [0.25, 0.3) is 5.91 Å². The van der Waals surface area contributed by atoms with Crippen LogP contribution in [0.2, 0.25) is 0 Å². The van der Waals surface area contributed by atoms with Gasteiger partial charge in [-0.1, -0.05) is 0 Å². The molecule has 0 aliphatic heterocycles. The molecule has 0 atom stereocenters. The zero-order valence-electron chi connectivity index (χ0n) is 16.4. The number of amides is 1. The fourth-order valence-corrected chi connectivity index (χ4v) is 2.34. The van der Waals surface area contributed by atoms with Gasteiger partial charge in [-0.05, 0) is 56.3 Å². The number of hydrogen-bond donors (Lipinski definition) is 1. The molecule has 0 unspecified atom stereocenters. The second kappa shape index (κ2) is 11.5. The van der Waals surface area contributed by atoms with Crippen LogP contribution in [-0.4, -0.2) is 44.8 Å². The molecule has 7 nitrogen and oxygen atoms in total. The predicted molar refractivity (Wildman–Crippen MR) is 104 cm³/mol. The Hall–Kier alpha value is -3.29. The molecule has 0 radical (unpaired) electrons. The van der Waals surface area contributed by atoms with E-state index in [1.165, 1.54) is 24.3 Å². The first-order chi connectivity index (χ1) is 14.0. The maximum Gasteiger partial charge on any atom is 0.325 e. The molecule has 2 aromatic rings. The van der Waals surface area contributed by atoms with E-state index in [0.29, 0.717) is 36.0 Å². The maximum absolute atomic E-state index is 12.8. The normalized spacial score (nSPS) is 10.2. The van der Waals surface area contributed by atoms with Crippen LogP contribution in [0.3, 0.4) is 0 Å². The van der Waals surface area contributed by atoms with Gasteiger partial charge in [-0.25, -0.2) is 4.39 Å². The van der Waals surface area contributed by atoms with Gasteiger partial charge in [0.15, 0.2) is 11.5 Å². The highest BCUT2D eigenvalue weighted by molar-refractivity contribution is 5.96. The Bertz CT molecular complexity index is 809. The predicted octanol–water partition coefficient (Wildman–Crippen LogP) is 2.98. The summed E-state index contributed by atoms with van der Waals surface area (Å²) in [6.07, 6.45) is 0. The van der Waals surface area contributed by atoms with E-state index >= 15 is 0 Å². The molecule has 0 aromatic heterocycles. The second-order valence-corrected chi connectivity index (χ2v) is 5.73. The lowest BCUT2D eigenvalue weighted by Gasteiger charge is -2.12. The smallest absolute Gasteiger partial charge is 0.325 e. The van der Waals surface area contributed by atoms with Crippen LogP contribution >= 0.6 is 0 Å². The van der Waals surface area contributed by atoms with Crippen molar-refractivity contribution in [3.05, 3.63) is 53.8 Å². The highest BCUT2D eigenvalue weighted by Crippen LogP contribution is 2.28. The molecule has 0 spiro atoms. The first kappa shape index (κ1) is 22.0. The van der Waals surface area contributed by atoms with Crippen molar-refractivity contribution in [2.75, 3.05) is 33.0 Å². The van der Waals surface area contributed by atoms with E-state index in [1.54, 1.807) is 18.2 Å². The molecule has 1 N–H and O–H groups in total. The number of nitrogens with one attached hydrogen (secondary N) is 1. The van der Waals surface area contributed by atoms with Crippen molar-refractivity contribution in [3.63, 3.8) is 0 Å². The molecule has 1 amide bonds. The molecule has 8 heteroatoms. The lowest BCUT2D eigenvalue weighted by molar-refractivity contribution is -0.143. The summed E-state index contributed by atoms with van der Waals surface area (Å²) in [5, 5.41) is 2.49. The zero-order chi connectivity index (χ0) is 21.1. The molecule has 0 aliphatic rings. The summed E-state index contributed by atoms with van der Waals surface area (Å²) in [6, 6.07) is 10.3. The molecule has 0 fully saturated rings. The number of halogens is 1. The lowest BCUT2D eigenvalue weighted by Crippen LogP contribution is -2.31. The molecular weight excluding hydrogens is 381 g/mol. The molecule has 29 heavy (non-hydrogen) atoms.